The summed E-state index contributed by atoms with van der Waals surface area (Å²) in [6.07, 6.45) is -0.565. The number of carbonyl (C=O) groups is 2. The maximum Gasteiger partial charge on any atom is 0.323 e. The van der Waals surface area contributed by atoms with E-state index >= 15 is 0 Å². The number of ether oxygens (including phenoxy) is 1. The molecule has 2 N–H and O–H groups in total. The third kappa shape index (κ3) is 2.51. The molecule has 1 aromatic carbocycles. The number of aliphatic imine (C=N–C) groups is 1. The normalized spacial score (nSPS) is 22.2. The fraction of sp³-hybridized carbons (Fsp3) is 0.250. The molecule has 0 radical (unpaired) electrons. The summed E-state index contributed by atoms with van der Waals surface area (Å²) in [5.74, 6) is -0.788. The predicted molar refractivity (Wildman–Crippen MR) is 67.9 cm³/mol. The molecule has 2 rings (SSSR count). The first-order valence-electron chi connectivity index (χ1n) is 5.30. The highest BCUT2D eigenvalue weighted by atomic mass is 32.1. The van der Waals surface area contributed by atoms with Gasteiger partial charge in [0.25, 0.3) is 0 Å². The number of isothiocyanates is 1. The number of thiocarbonyl (C=S) groups is 1. The molecule has 92 valence electrons. The number of nitrogens with zero attached hydrogens (tertiary/aromatic N) is 1. The van der Waals surface area contributed by atoms with Gasteiger partial charge in [-0.15, -0.1) is 0 Å². The lowest BCUT2D eigenvalue weighted by Gasteiger charge is -2.07. The maximum atomic E-state index is 12.0. The standard InChI is InChI=1S/C12H10N2O3S/c13-9-5-10(17-12(9)16)11(15)7-1-3-8(4-2-7)14-6-18/h1-4,9-10H,5,13H2. The van der Waals surface area contributed by atoms with Crippen molar-refractivity contribution in [1.82, 2.24) is 0 Å². The van der Waals surface area contributed by atoms with Crippen LogP contribution in [0, 0.1) is 0 Å². The molecule has 2 unspecified atom stereocenters. The van der Waals surface area contributed by atoms with Gasteiger partial charge in [-0.3, -0.25) is 9.59 Å². The molecule has 1 saturated heterocycles. The van der Waals surface area contributed by atoms with Crippen LogP contribution < -0.4 is 5.73 Å². The van der Waals surface area contributed by atoms with Crippen LogP contribution in [0.15, 0.2) is 29.3 Å². The summed E-state index contributed by atoms with van der Waals surface area (Å²) in [4.78, 5) is 26.9. The molecule has 0 amide bonds. The highest BCUT2D eigenvalue weighted by molar-refractivity contribution is 7.78. The first kappa shape index (κ1) is 12.6. The number of nitrogens with two attached hydrogens (primary N) is 1. The van der Waals surface area contributed by atoms with Crippen LogP contribution in [0.2, 0.25) is 0 Å². The summed E-state index contributed by atoms with van der Waals surface area (Å²) in [5, 5.41) is 2.24. The quantitative estimate of drug-likeness (QED) is 0.383. The Bertz CT molecular complexity index is 535. The summed E-state index contributed by atoms with van der Waals surface area (Å²) in [6, 6.07) is 5.78. The van der Waals surface area contributed by atoms with Crippen LogP contribution >= 0.6 is 12.2 Å². The summed E-state index contributed by atoms with van der Waals surface area (Å²) >= 11 is 4.48. The van der Waals surface area contributed by atoms with E-state index in [1.807, 2.05) is 0 Å². The van der Waals surface area contributed by atoms with Gasteiger partial charge in [-0.25, -0.2) is 0 Å². The third-order valence-corrected chi connectivity index (χ3v) is 2.74. The molecule has 0 spiro atoms. The van der Waals surface area contributed by atoms with E-state index in [1.165, 1.54) is 0 Å². The Morgan fingerprint density at radius 2 is 2.11 bits per heavy atom. The number of cyclic esters (lactones) is 1. The van der Waals surface area contributed by atoms with E-state index in [4.69, 9.17) is 10.5 Å². The number of rotatable bonds is 3. The summed E-state index contributed by atoms with van der Waals surface area (Å²) in [7, 11) is 0. The van der Waals surface area contributed by atoms with Crippen molar-refractivity contribution in [1.29, 1.82) is 0 Å². The molecular formula is C12H10N2O3S. The summed E-state index contributed by atoms with van der Waals surface area (Å²) < 4.78 is 4.90. The molecule has 5 nitrogen and oxygen atoms in total. The maximum absolute atomic E-state index is 12.0. The third-order valence-electron chi connectivity index (χ3n) is 2.65. The van der Waals surface area contributed by atoms with Gasteiger partial charge < -0.3 is 10.5 Å². The van der Waals surface area contributed by atoms with Crippen LogP contribution in [-0.2, 0) is 9.53 Å². The van der Waals surface area contributed by atoms with Crippen LogP contribution in [0.5, 0.6) is 0 Å². The highest BCUT2D eigenvalue weighted by Gasteiger charge is 2.36. The zero-order valence-corrected chi connectivity index (χ0v) is 10.1. The highest BCUT2D eigenvalue weighted by Crippen LogP contribution is 2.20. The molecule has 6 heteroatoms. The summed E-state index contributed by atoms with van der Waals surface area (Å²) in [5.41, 5.74) is 6.55. The Hall–Kier alpha value is -1.88. The van der Waals surface area contributed by atoms with E-state index in [-0.39, 0.29) is 12.2 Å². The zero-order valence-electron chi connectivity index (χ0n) is 9.33. The van der Waals surface area contributed by atoms with Crippen molar-refractivity contribution in [3.05, 3.63) is 29.8 Å². The van der Waals surface area contributed by atoms with E-state index < -0.39 is 18.1 Å². The Kier molecular flexibility index (Phi) is 3.62. The van der Waals surface area contributed by atoms with Crippen LogP contribution in [0.3, 0.4) is 0 Å². The average Bonchev–Trinajstić information content (AvgIpc) is 2.70. The van der Waals surface area contributed by atoms with Crippen LogP contribution in [0.25, 0.3) is 0 Å². The lowest BCUT2D eigenvalue weighted by molar-refractivity contribution is -0.141. The van der Waals surface area contributed by atoms with E-state index in [9.17, 15) is 9.59 Å². The fourth-order valence-corrected chi connectivity index (χ4v) is 1.81. The molecule has 1 heterocycles. The molecule has 1 aliphatic rings. The number of carbonyl (C=O) groups excluding carboxylic acids is 2. The molecule has 1 aromatic rings. The van der Waals surface area contributed by atoms with Gasteiger partial charge in [0, 0.05) is 12.0 Å². The Labute approximate surface area is 109 Å². The van der Waals surface area contributed by atoms with Crippen LogP contribution in [-0.4, -0.2) is 29.1 Å². The minimum Gasteiger partial charge on any atom is -0.453 e. The van der Waals surface area contributed by atoms with Gasteiger partial charge in [0.05, 0.1) is 10.8 Å². The Balaban J connectivity index is 2.14. The number of ketones is 1. The number of Topliss-reactive ketones (excluding diaryl/α,β-unsaturated/α-hetero) is 1. The molecule has 0 aliphatic carbocycles. The Morgan fingerprint density at radius 3 is 2.61 bits per heavy atom. The number of benzene rings is 1. The van der Waals surface area contributed by atoms with Gasteiger partial charge in [-0.1, -0.05) is 0 Å². The summed E-state index contributed by atoms with van der Waals surface area (Å²) in [6.45, 7) is 0. The van der Waals surface area contributed by atoms with Crippen molar-refractivity contribution in [2.75, 3.05) is 0 Å². The fourth-order valence-electron chi connectivity index (χ4n) is 1.70. The van der Waals surface area contributed by atoms with Gasteiger partial charge in [-0.05, 0) is 36.5 Å². The van der Waals surface area contributed by atoms with Gasteiger partial charge in [0.15, 0.2) is 6.10 Å². The first-order chi connectivity index (χ1) is 8.61. The molecule has 1 fully saturated rings. The van der Waals surface area contributed by atoms with Gasteiger partial charge in [0.1, 0.15) is 6.04 Å². The van der Waals surface area contributed by atoms with Crippen molar-refractivity contribution in [2.45, 2.75) is 18.6 Å². The van der Waals surface area contributed by atoms with Crippen LogP contribution in [0.4, 0.5) is 5.69 Å². The van der Waals surface area contributed by atoms with Crippen molar-refractivity contribution >= 4 is 34.8 Å². The first-order valence-corrected chi connectivity index (χ1v) is 5.71. The second-order valence-corrected chi connectivity index (χ2v) is 4.06. The minimum absolute atomic E-state index is 0.220. The zero-order chi connectivity index (χ0) is 13.1. The van der Waals surface area contributed by atoms with E-state index in [0.29, 0.717) is 11.3 Å². The van der Waals surface area contributed by atoms with E-state index in [1.54, 1.807) is 24.3 Å². The number of hydrogen-bond acceptors (Lipinski definition) is 6. The molecule has 0 aromatic heterocycles. The second kappa shape index (κ2) is 5.18. The van der Waals surface area contributed by atoms with Crippen LogP contribution in [0.1, 0.15) is 16.8 Å². The second-order valence-electron chi connectivity index (χ2n) is 3.88. The molecular weight excluding hydrogens is 252 g/mol. The smallest absolute Gasteiger partial charge is 0.323 e. The lowest BCUT2D eigenvalue weighted by Crippen LogP contribution is -2.25. The van der Waals surface area contributed by atoms with Crippen molar-refractivity contribution < 1.29 is 14.3 Å². The van der Waals surface area contributed by atoms with Crippen molar-refractivity contribution in [3.8, 4) is 0 Å². The van der Waals surface area contributed by atoms with E-state index in [0.717, 1.165) is 0 Å². The monoisotopic (exact) mass is 262 g/mol. The topological polar surface area (TPSA) is 81.8 Å². The molecule has 1 aliphatic heterocycles. The number of hydrogen-bond donors (Lipinski definition) is 1. The molecule has 18 heavy (non-hydrogen) atoms. The van der Waals surface area contributed by atoms with Gasteiger partial charge >= 0.3 is 5.97 Å². The molecule has 0 bridgehead atoms. The number of esters is 1. The predicted octanol–water partition coefficient (Wildman–Crippen LogP) is 1.25. The molecule has 0 saturated carbocycles. The average molecular weight is 262 g/mol. The lowest BCUT2D eigenvalue weighted by atomic mass is 10.0. The van der Waals surface area contributed by atoms with Gasteiger partial charge in [-0.2, -0.15) is 4.99 Å². The Morgan fingerprint density at radius 1 is 1.44 bits per heavy atom. The SMILES string of the molecule is NC1CC(C(=O)c2ccc(N=C=S)cc2)OC1=O. The minimum atomic E-state index is -0.785. The largest absolute Gasteiger partial charge is 0.453 e. The van der Waals surface area contributed by atoms with Crippen molar-refractivity contribution in [2.24, 2.45) is 10.7 Å². The van der Waals surface area contributed by atoms with Gasteiger partial charge in [0.2, 0.25) is 5.78 Å². The molecule has 2 atom stereocenters. The van der Waals surface area contributed by atoms with Crippen molar-refractivity contribution in [3.63, 3.8) is 0 Å². The van der Waals surface area contributed by atoms with E-state index in [2.05, 4.69) is 22.4 Å².